The highest BCUT2D eigenvalue weighted by molar-refractivity contribution is 6.32. The molecule has 0 heterocycles. The second kappa shape index (κ2) is 7.01. The standard InChI is InChI=1S/C14H9ClF2N2O4/c15-9-6-8(19(21)22)4-5-12(9)23-7-13(20)18-14-10(16)2-1-3-11(14)17/h1-6H,7H2,(H,18,20). The van der Waals surface area contributed by atoms with E-state index in [9.17, 15) is 23.7 Å². The van der Waals surface area contributed by atoms with Crippen LogP contribution in [0.4, 0.5) is 20.2 Å². The van der Waals surface area contributed by atoms with Gasteiger partial charge in [-0.1, -0.05) is 17.7 Å². The predicted molar refractivity (Wildman–Crippen MR) is 78.6 cm³/mol. The summed E-state index contributed by atoms with van der Waals surface area (Å²) in [6.45, 7) is -0.578. The zero-order chi connectivity index (χ0) is 17.0. The molecule has 6 nitrogen and oxygen atoms in total. The Kier molecular flexibility index (Phi) is 5.07. The maximum absolute atomic E-state index is 13.4. The molecule has 23 heavy (non-hydrogen) atoms. The van der Waals surface area contributed by atoms with Crippen molar-refractivity contribution in [1.29, 1.82) is 0 Å². The van der Waals surface area contributed by atoms with E-state index >= 15 is 0 Å². The highest BCUT2D eigenvalue weighted by Crippen LogP contribution is 2.28. The maximum Gasteiger partial charge on any atom is 0.271 e. The number of carbonyl (C=O) groups excluding carboxylic acids is 1. The molecule has 0 atom stereocenters. The number of non-ortho nitro benzene ring substituents is 1. The van der Waals surface area contributed by atoms with Crippen LogP contribution in [0.3, 0.4) is 0 Å². The minimum Gasteiger partial charge on any atom is -0.482 e. The van der Waals surface area contributed by atoms with Gasteiger partial charge in [0.15, 0.2) is 6.61 Å². The Bertz CT molecular complexity index is 750. The lowest BCUT2D eigenvalue weighted by Crippen LogP contribution is -2.21. The summed E-state index contributed by atoms with van der Waals surface area (Å²) < 4.78 is 31.8. The van der Waals surface area contributed by atoms with Crippen LogP contribution in [0.5, 0.6) is 5.75 Å². The molecule has 0 aromatic heterocycles. The number of nitrogens with zero attached hydrogens (tertiary/aromatic N) is 1. The van der Waals surface area contributed by atoms with Gasteiger partial charge in [0.2, 0.25) is 0 Å². The monoisotopic (exact) mass is 342 g/mol. The molecule has 2 aromatic carbocycles. The van der Waals surface area contributed by atoms with Gasteiger partial charge < -0.3 is 10.1 Å². The molecule has 0 radical (unpaired) electrons. The SMILES string of the molecule is O=C(COc1ccc([N+](=O)[O-])cc1Cl)Nc1c(F)cccc1F. The summed E-state index contributed by atoms with van der Waals surface area (Å²) in [6.07, 6.45) is 0. The maximum atomic E-state index is 13.4. The fourth-order valence-corrected chi connectivity index (χ4v) is 1.89. The molecular weight excluding hydrogens is 334 g/mol. The lowest BCUT2D eigenvalue weighted by atomic mass is 10.3. The van der Waals surface area contributed by atoms with Gasteiger partial charge in [-0.2, -0.15) is 0 Å². The van der Waals surface area contributed by atoms with E-state index in [4.69, 9.17) is 16.3 Å². The number of para-hydroxylation sites is 1. The number of ether oxygens (including phenoxy) is 1. The molecule has 0 unspecified atom stereocenters. The average molecular weight is 343 g/mol. The molecule has 9 heteroatoms. The third kappa shape index (κ3) is 4.13. The number of hydrogen-bond donors (Lipinski definition) is 1. The van der Waals surface area contributed by atoms with Crippen LogP contribution in [0.2, 0.25) is 5.02 Å². The number of nitrogens with one attached hydrogen (secondary N) is 1. The number of benzene rings is 2. The Morgan fingerprint density at radius 1 is 1.26 bits per heavy atom. The van der Waals surface area contributed by atoms with E-state index in [0.717, 1.165) is 30.3 Å². The Labute approximate surface area is 133 Å². The Morgan fingerprint density at radius 3 is 2.48 bits per heavy atom. The summed E-state index contributed by atoms with van der Waals surface area (Å²) >= 11 is 5.79. The number of carbonyl (C=O) groups is 1. The van der Waals surface area contributed by atoms with Crippen molar-refractivity contribution in [2.75, 3.05) is 11.9 Å². The van der Waals surface area contributed by atoms with E-state index < -0.39 is 34.8 Å². The zero-order valence-corrected chi connectivity index (χ0v) is 12.1. The van der Waals surface area contributed by atoms with Crippen LogP contribution in [-0.4, -0.2) is 17.4 Å². The summed E-state index contributed by atoms with van der Waals surface area (Å²) in [5.41, 5.74) is -0.823. The summed E-state index contributed by atoms with van der Waals surface area (Å²) in [7, 11) is 0. The Hall–Kier alpha value is -2.74. The smallest absolute Gasteiger partial charge is 0.271 e. The first-order valence-corrected chi connectivity index (χ1v) is 6.57. The second-order valence-electron chi connectivity index (χ2n) is 4.31. The highest BCUT2D eigenvalue weighted by atomic mass is 35.5. The molecule has 0 aliphatic rings. The van der Waals surface area contributed by atoms with Gasteiger partial charge in [-0.25, -0.2) is 8.78 Å². The van der Waals surface area contributed by atoms with E-state index in [1.807, 2.05) is 5.32 Å². The van der Waals surface area contributed by atoms with E-state index in [1.165, 1.54) is 6.07 Å². The van der Waals surface area contributed by atoms with E-state index in [0.29, 0.717) is 0 Å². The third-order valence-corrected chi connectivity index (χ3v) is 3.01. The molecule has 2 rings (SSSR count). The molecule has 0 saturated carbocycles. The molecule has 1 amide bonds. The van der Waals surface area contributed by atoms with Crippen molar-refractivity contribution in [3.05, 3.63) is 63.2 Å². The van der Waals surface area contributed by atoms with Crippen molar-refractivity contribution in [2.45, 2.75) is 0 Å². The number of nitro groups is 1. The van der Waals surface area contributed by atoms with Crippen molar-refractivity contribution >= 4 is 28.9 Å². The van der Waals surface area contributed by atoms with E-state index in [2.05, 4.69) is 0 Å². The van der Waals surface area contributed by atoms with Crippen molar-refractivity contribution in [1.82, 2.24) is 0 Å². The van der Waals surface area contributed by atoms with Gasteiger partial charge in [-0.15, -0.1) is 0 Å². The zero-order valence-electron chi connectivity index (χ0n) is 11.4. The largest absolute Gasteiger partial charge is 0.482 e. The predicted octanol–water partition coefficient (Wildman–Crippen LogP) is 3.54. The number of amides is 1. The molecule has 0 saturated heterocycles. The van der Waals surface area contributed by atoms with Gasteiger partial charge in [0.1, 0.15) is 23.1 Å². The Morgan fingerprint density at radius 2 is 1.91 bits per heavy atom. The highest BCUT2D eigenvalue weighted by Gasteiger charge is 2.14. The number of nitro benzene ring substituents is 1. The number of halogens is 3. The first kappa shape index (κ1) is 16.6. The van der Waals surface area contributed by atoms with Crippen molar-refractivity contribution in [3.8, 4) is 5.75 Å². The third-order valence-electron chi connectivity index (χ3n) is 2.71. The van der Waals surface area contributed by atoms with Crippen LogP contribution in [0.25, 0.3) is 0 Å². The van der Waals surface area contributed by atoms with Gasteiger partial charge in [0, 0.05) is 12.1 Å². The molecule has 0 fully saturated rings. The minimum absolute atomic E-state index is 0.0291. The molecule has 2 aromatic rings. The molecule has 120 valence electrons. The minimum atomic E-state index is -0.924. The normalized spacial score (nSPS) is 10.2. The summed E-state index contributed by atoms with van der Waals surface area (Å²) in [6, 6.07) is 6.57. The number of anilines is 1. The van der Waals surface area contributed by atoms with Gasteiger partial charge in [0.05, 0.1) is 9.95 Å². The van der Waals surface area contributed by atoms with Gasteiger partial charge >= 0.3 is 0 Å². The van der Waals surface area contributed by atoms with Gasteiger partial charge in [0.25, 0.3) is 11.6 Å². The number of rotatable bonds is 5. The van der Waals surface area contributed by atoms with Crippen LogP contribution < -0.4 is 10.1 Å². The molecule has 0 aliphatic heterocycles. The summed E-state index contributed by atoms with van der Waals surface area (Å²) in [5.74, 6) is -2.64. The fraction of sp³-hybridized carbons (Fsp3) is 0.0714. The quantitative estimate of drug-likeness (QED) is 0.665. The van der Waals surface area contributed by atoms with E-state index in [1.54, 1.807) is 0 Å². The summed E-state index contributed by atoms with van der Waals surface area (Å²) in [5, 5.41) is 12.5. The van der Waals surface area contributed by atoms with Crippen LogP contribution in [-0.2, 0) is 4.79 Å². The van der Waals surface area contributed by atoms with Crippen LogP contribution in [0.1, 0.15) is 0 Å². The van der Waals surface area contributed by atoms with Crippen LogP contribution in [0, 0.1) is 21.7 Å². The first-order valence-electron chi connectivity index (χ1n) is 6.19. The fourth-order valence-electron chi connectivity index (χ4n) is 1.66. The van der Waals surface area contributed by atoms with Gasteiger partial charge in [-0.05, 0) is 18.2 Å². The number of hydrogen-bond acceptors (Lipinski definition) is 4. The second-order valence-corrected chi connectivity index (χ2v) is 4.71. The summed E-state index contributed by atoms with van der Waals surface area (Å²) in [4.78, 5) is 21.6. The average Bonchev–Trinajstić information content (AvgIpc) is 2.49. The molecule has 0 aliphatic carbocycles. The topological polar surface area (TPSA) is 81.5 Å². The van der Waals surface area contributed by atoms with Crippen LogP contribution >= 0.6 is 11.6 Å². The first-order chi connectivity index (χ1) is 10.9. The van der Waals surface area contributed by atoms with Crippen LogP contribution in [0.15, 0.2) is 36.4 Å². The molecular formula is C14H9ClF2N2O4. The van der Waals surface area contributed by atoms with Crippen molar-refractivity contribution < 1.29 is 23.2 Å². The van der Waals surface area contributed by atoms with Crippen molar-refractivity contribution in [2.24, 2.45) is 0 Å². The van der Waals surface area contributed by atoms with Crippen molar-refractivity contribution in [3.63, 3.8) is 0 Å². The lowest BCUT2D eigenvalue weighted by molar-refractivity contribution is -0.384. The molecule has 1 N–H and O–H groups in total. The molecule has 0 spiro atoms. The molecule has 0 bridgehead atoms. The Balaban J connectivity index is 2.01. The van der Waals surface area contributed by atoms with Gasteiger partial charge in [-0.3, -0.25) is 14.9 Å². The lowest BCUT2D eigenvalue weighted by Gasteiger charge is -2.09. The van der Waals surface area contributed by atoms with E-state index in [-0.39, 0.29) is 16.5 Å².